The maximum atomic E-state index is 13.1. The molecular weight excluding hydrogens is 311 g/mol. The minimum atomic E-state index is -0.331. The largest absolute Gasteiger partial charge is 0.377 e. The Bertz CT molecular complexity index is 710. The first-order valence-electron chi connectivity index (χ1n) is 8.23. The van der Waals surface area contributed by atoms with Crippen LogP contribution in [0.1, 0.15) is 35.9 Å². The van der Waals surface area contributed by atoms with Crippen molar-refractivity contribution >= 4 is 5.91 Å². The molecule has 3 rings (SSSR count). The van der Waals surface area contributed by atoms with Crippen LogP contribution in [0.15, 0.2) is 28.8 Å². The highest BCUT2D eigenvalue weighted by molar-refractivity contribution is 6.00. The first kappa shape index (κ1) is 16.6. The van der Waals surface area contributed by atoms with Gasteiger partial charge in [0, 0.05) is 25.3 Å². The van der Waals surface area contributed by atoms with E-state index in [1.165, 1.54) is 12.1 Å². The molecule has 1 saturated heterocycles. The van der Waals surface area contributed by atoms with Gasteiger partial charge in [-0.15, -0.1) is 0 Å². The van der Waals surface area contributed by atoms with Gasteiger partial charge in [-0.05, 0) is 51.0 Å². The van der Waals surface area contributed by atoms with Gasteiger partial charge in [0.15, 0.2) is 0 Å². The Hall–Kier alpha value is -2.21. The van der Waals surface area contributed by atoms with Crippen LogP contribution >= 0.6 is 0 Å². The molecule has 5 nitrogen and oxygen atoms in total. The summed E-state index contributed by atoms with van der Waals surface area (Å²) in [7, 11) is 0. The summed E-state index contributed by atoms with van der Waals surface area (Å²) in [5.41, 5.74) is 1.56. The highest BCUT2D eigenvalue weighted by atomic mass is 19.1. The Morgan fingerprint density at radius 2 is 2.17 bits per heavy atom. The second kappa shape index (κ2) is 7.13. The lowest BCUT2D eigenvalue weighted by atomic mass is 10.0. The van der Waals surface area contributed by atoms with Crippen molar-refractivity contribution in [2.45, 2.75) is 32.8 Å². The number of piperidine rings is 1. The molecule has 0 spiro atoms. The van der Waals surface area contributed by atoms with Crippen LogP contribution in [-0.4, -0.2) is 41.8 Å². The van der Waals surface area contributed by atoms with Crippen LogP contribution in [0, 0.1) is 12.7 Å². The van der Waals surface area contributed by atoms with Crippen molar-refractivity contribution in [3.8, 4) is 11.3 Å². The smallest absolute Gasteiger partial charge is 0.259 e. The zero-order chi connectivity index (χ0) is 17.1. The van der Waals surface area contributed by atoms with Gasteiger partial charge >= 0.3 is 0 Å². The topological polar surface area (TPSA) is 55.6 Å². The highest BCUT2D eigenvalue weighted by Gasteiger charge is 2.30. The van der Waals surface area contributed by atoms with Crippen LogP contribution in [0.5, 0.6) is 0 Å². The number of likely N-dealkylation sites (tertiary alicyclic amines) is 1. The van der Waals surface area contributed by atoms with Gasteiger partial charge in [0.25, 0.3) is 5.91 Å². The van der Waals surface area contributed by atoms with Crippen LogP contribution in [0.2, 0.25) is 0 Å². The number of amides is 1. The van der Waals surface area contributed by atoms with Crippen molar-refractivity contribution in [3.05, 3.63) is 41.4 Å². The molecule has 0 N–H and O–H groups in total. The van der Waals surface area contributed by atoms with E-state index >= 15 is 0 Å². The average molecular weight is 332 g/mol. The third-order valence-electron chi connectivity index (χ3n) is 4.26. The quantitative estimate of drug-likeness (QED) is 0.861. The number of rotatable bonds is 4. The van der Waals surface area contributed by atoms with E-state index in [4.69, 9.17) is 9.26 Å². The Morgan fingerprint density at radius 1 is 1.42 bits per heavy atom. The molecule has 2 aromatic rings. The molecule has 1 amide bonds. The van der Waals surface area contributed by atoms with Crippen LogP contribution in [0.4, 0.5) is 4.39 Å². The number of benzene rings is 1. The number of aryl methyl sites for hydroxylation is 1. The molecule has 1 atom stereocenters. The fourth-order valence-corrected chi connectivity index (χ4v) is 3.08. The van der Waals surface area contributed by atoms with E-state index in [1.54, 1.807) is 24.0 Å². The number of nitrogens with zero attached hydrogens (tertiary/aromatic N) is 2. The van der Waals surface area contributed by atoms with Crippen molar-refractivity contribution in [3.63, 3.8) is 0 Å². The summed E-state index contributed by atoms with van der Waals surface area (Å²) < 4.78 is 24.0. The zero-order valence-electron chi connectivity index (χ0n) is 13.9. The fraction of sp³-hybridized carbons (Fsp3) is 0.444. The molecule has 128 valence electrons. The molecular formula is C18H21FN2O3. The molecule has 1 aromatic carbocycles. The minimum Gasteiger partial charge on any atom is -0.377 e. The highest BCUT2D eigenvalue weighted by Crippen LogP contribution is 2.28. The monoisotopic (exact) mass is 332 g/mol. The summed E-state index contributed by atoms with van der Waals surface area (Å²) in [5, 5.41) is 4.01. The summed E-state index contributed by atoms with van der Waals surface area (Å²) in [5.74, 6) is 0.0257. The number of aromatic nitrogens is 1. The van der Waals surface area contributed by atoms with Gasteiger partial charge in [0.05, 0.1) is 6.10 Å². The van der Waals surface area contributed by atoms with Gasteiger partial charge < -0.3 is 14.2 Å². The lowest BCUT2D eigenvalue weighted by Crippen LogP contribution is -2.43. The molecule has 0 aliphatic carbocycles. The van der Waals surface area contributed by atoms with Gasteiger partial charge in [-0.3, -0.25) is 4.79 Å². The minimum absolute atomic E-state index is 0.0714. The number of carbonyl (C=O) groups excluding carboxylic acids is 1. The predicted molar refractivity (Wildman–Crippen MR) is 87.2 cm³/mol. The number of hydrogen-bond acceptors (Lipinski definition) is 4. The van der Waals surface area contributed by atoms with E-state index < -0.39 is 0 Å². The van der Waals surface area contributed by atoms with E-state index in [2.05, 4.69) is 5.16 Å². The summed E-state index contributed by atoms with van der Waals surface area (Å²) in [6.07, 6.45) is 1.94. The van der Waals surface area contributed by atoms with Crippen LogP contribution in [-0.2, 0) is 4.74 Å². The average Bonchev–Trinajstić information content (AvgIpc) is 2.97. The van der Waals surface area contributed by atoms with E-state index in [9.17, 15) is 9.18 Å². The van der Waals surface area contributed by atoms with E-state index in [1.807, 2.05) is 6.92 Å². The summed E-state index contributed by atoms with van der Waals surface area (Å²) >= 11 is 0. The van der Waals surface area contributed by atoms with Crippen LogP contribution in [0.3, 0.4) is 0 Å². The van der Waals surface area contributed by atoms with Gasteiger partial charge in [0.1, 0.15) is 22.8 Å². The molecule has 0 saturated carbocycles. The molecule has 1 aliphatic heterocycles. The summed E-state index contributed by atoms with van der Waals surface area (Å²) in [6, 6.07) is 5.89. The molecule has 0 unspecified atom stereocenters. The third-order valence-corrected chi connectivity index (χ3v) is 4.26. The Kier molecular flexibility index (Phi) is 4.94. The van der Waals surface area contributed by atoms with E-state index in [-0.39, 0.29) is 17.8 Å². The third kappa shape index (κ3) is 3.33. The first-order valence-corrected chi connectivity index (χ1v) is 8.23. The lowest BCUT2D eigenvalue weighted by molar-refractivity contribution is 0.00720. The number of carbonyl (C=O) groups is 1. The van der Waals surface area contributed by atoms with Crippen molar-refractivity contribution in [2.75, 3.05) is 19.7 Å². The number of hydrogen-bond donors (Lipinski definition) is 0. The summed E-state index contributed by atoms with van der Waals surface area (Å²) in [6.45, 7) is 5.57. The van der Waals surface area contributed by atoms with Gasteiger partial charge in [-0.2, -0.15) is 0 Å². The Labute approximate surface area is 140 Å². The molecule has 2 heterocycles. The second-order valence-corrected chi connectivity index (χ2v) is 5.94. The van der Waals surface area contributed by atoms with Crippen molar-refractivity contribution in [2.24, 2.45) is 0 Å². The van der Waals surface area contributed by atoms with Gasteiger partial charge in [0.2, 0.25) is 0 Å². The van der Waals surface area contributed by atoms with Crippen LogP contribution in [0.25, 0.3) is 11.3 Å². The van der Waals surface area contributed by atoms with Gasteiger partial charge in [-0.25, -0.2) is 4.39 Å². The molecule has 1 aliphatic rings. The second-order valence-electron chi connectivity index (χ2n) is 5.94. The van der Waals surface area contributed by atoms with Crippen LogP contribution < -0.4 is 0 Å². The van der Waals surface area contributed by atoms with Gasteiger partial charge in [-0.1, -0.05) is 5.16 Å². The van der Waals surface area contributed by atoms with Crippen molar-refractivity contribution in [1.82, 2.24) is 10.1 Å². The molecule has 0 bridgehead atoms. The summed E-state index contributed by atoms with van der Waals surface area (Å²) in [4.78, 5) is 14.8. The Balaban J connectivity index is 1.87. The molecule has 6 heteroatoms. The lowest BCUT2D eigenvalue weighted by Gasteiger charge is -2.32. The van der Waals surface area contributed by atoms with Crippen molar-refractivity contribution in [1.29, 1.82) is 0 Å². The number of ether oxygens (including phenoxy) is 1. The normalized spacial score (nSPS) is 18.0. The molecule has 1 aromatic heterocycles. The van der Waals surface area contributed by atoms with Crippen molar-refractivity contribution < 1.29 is 18.4 Å². The first-order chi connectivity index (χ1) is 11.6. The SMILES string of the molecule is CCO[C@H]1CCCN(C(=O)c2c(-c3ccc(F)cc3)noc2C)C1. The van der Waals surface area contributed by atoms with E-state index in [0.29, 0.717) is 42.3 Å². The van der Waals surface area contributed by atoms with E-state index in [0.717, 1.165) is 12.8 Å². The zero-order valence-corrected chi connectivity index (χ0v) is 13.9. The number of halogens is 1. The predicted octanol–water partition coefficient (Wildman–Crippen LogP) is 3.43. The molecule has 24 heavy (non-hydrogen) atoms. The fourth-order valence-electron chi connectivity index (χ4n) is 3.08. The Morgan fingerprint density at radius 3 is 2.88 bits per heavy atom. The maximum absolute atomic E-state index is 13.1. The molecule has 0 radical (unpaired) electrons. The molecule has 1 fully saturated rings. The maximum Gasteiger partial charge on any atom is 0.259 e. The standard InChI is InChI=1S/C18H21FN2O3/c1-3-23-15-5-4-10-21(11-15)18(22)16-12(2)24-20-17(16)13-6-8-14(19)9-7-13/h6-9,15H,3-5,10-11H2,1-2H3/t15-/m0/s1.